The number of guanidine groups is 1. The quantitative estimate of drug-likeness (QED) is 0.603. The zero-order chi connectivity index (χ0) is 16.7. The molecule has 0 aromatic rings. The summed E-state index contributed by atoms with van der Waals surface area (Å²) in [6.45, 7) is 11.2. The van der Waals surface area contributed by atoms with Crippen molar-refractivity contribution >= 4 is 5.96 Å². The lowest BCUT2D eigenvalue weighted by atomic mass is 9.80. The number of piperidine rings is 1. The highest BCUT2D eigenvalue weighted by molar-refractivity contribution is 5.80. The van der Waals surface area contributed by atoms with Gasteiger partial charge in [0.2, 0.25) is 0 Å². The van der Waals surface area contributed by atoms with Crippen LogP contribution in [0.4, 0.5) is 0 Å². The lowest BCUT2D eigenvalue weighted by Crippen LogP contribution is -2.45. The number of nitrogens with one attached hydrogen (secondary N) is 2. The molecular formula is C19H38N4. The highest BCUT2D eigenvalue weighted by atomic mass is 15.2. The fourth-order valence-corrected chi connectivity index (χ4v) is 4.09. The molecule has 2 aliphatic rings. The van der Waals surface area contributed by atoms with Crippen molar-refractivity contribution in [3.8, 4) is 0 Å². The van der Waals surface area contributed by atoms with Crippen LogP contribution < -0.4 is 10.6 Å². The van der Waals surface area contributed by atoms with Crippen LogP contribution in [-0.2, 0) is 0 Å². The van der Waals surface area contributed by atoms with Gasteiger partial charge in [-0.25, -0.2) is 0 Å². The first-order valence-corrected chi connectivity index (χ1v) is 9.81. The van der Waals surface area contributed by atoms with Gasteiger partial charge in [0, 0.05) is 25.7 Å². The van der Waals surface area contributed by atoms with Crippen molar-refractivity contribution in [3.05, 3.63) is 0 Å². The summed E-state index contributed by atoms with van der Waals surface area (Å²) >= 11 is 0. The highest BCUT2D eigenvalue weighted by Crippen LogP contribution is 2.29. The molecule has 4 nitrogen and oxygen atoms in total. The molecule has 1 atom stereocenters. The Labute approximate surface area is 143 Å². The molecule has 0 aromatic heterocycles. The predicted molar refractivity (Wildman–Crippen MR) is 99.9 cm³/mol. The Morgan fingerprint density at radius 1 is 1.17 bits per heavy atom. The molecule has 2 rings (SSSR count). The fraction of sp³-hybridized carbons (Fsp3) is 0.947. The van der Waals surface area contributed by atoms with E-state index >= 15 is 0 Å². The second kappa shape index (κ2) is 9.51. The van der Waals surface area contributed by atoms with Crippen LogP contribution in [0, 0.1) is 17.8 Å². The van der Waals surface area contributed by atoms with Gasteiger partial charge in [-0.05, 0) is 76.8 Å². The van der Waals surface area contributed by atoms with Crippen molar-refractivity contribution in [3.63, 3.8) is 0 Å². The van der Waals surface area contributed by atoms with Crippen LogP contribution in [0.1, 0.15) is 59.3 Å². The molecule has 1 saturated carbocycles. The highest BCUT2D eigenvalue weighted by Gasteiger charge is 2.24. The van der Waals surface area contributed by atoms with Crippen LogP contribution in [0.2, 0.25) is 0 Å². The van der Waals surface area contributed by atoms with Gasteiger partial charge in [0.25, 0.3) is 0 Å². The third-order valence-corrected chi connectivity index (χ3v) is 5.63. The van der Waals surface area contributed by atoms with Crippen molar-refractivity contribution in [1.82, 2.24) is 15.5 Å². The van der Waals surface area contributed by atoms with Gasteiger partial charge < -0.3 is 15.5 Å². The maximum Gasteiger partial charge on any atom is 0.191 e. The third kappa shape index (κ3) is 6.33. The van der Waals surface area contributed by atoms with Gasteiger partial charge in [-0.2, -0.15) is 0 Å². The molecule has 0 spiro atoms. The minimum absolute atomic E-state index is 0.608. The lowest BCUT2D eigenvalue weighted by Gasteiger charge is -2.32. The van der Waals surface area contributed by atoms with Gasteiger partial charge in [-0.3, -0.25) is 4.99 Å². The maximum atomic E-state index is 4.89. The molecule has 0 bridgehead atoms. The summed E-state index contributed by atoms with van der Waals surface area (Å²) < 4.78 is 0. The minimum atomic E-state index is 0.608. The second-order valence-corrected chi connectivity index (χ2v) is 7.99. The maximum absolute atomic E-state index is 4.89. The third-order valence-electron chi connectivity index (χ3n) is 5.63. The van der Waals surface area contributed by atoms with E-state index in [1.807, 2.05) is 0 Å². The molecule has 0 radical (unpaired) electrons. The summed E-state index contributed by atoms with van der Waals surface area (Å²) in [5, 5.41) is 7.13. The number of nitrogens with zero attached hydrogens (tertiary/aromatic N) is 2. The summed E-state index contributed by atoms with van der Waals surface area (Å²) in [6, 6.07) is 0.608. The molecule has 1 aliphatic carbocycles. The van der Waals surface area contributed by atoms with Crippen molar-refractivity contribution in [2.24, 2.45) is 22.7 Å². The Balaban J connectivity index is 1.80. The fourth-order valence-electron chi connectivity index (χ4n) is 4.09. The molecule has 1 unspecified atom stereocenters. The van der Waals surface area contributed by atoms with Crippen LogP contribution >= 0.6 is 0 Å². The van der Waals surface area contributed by atoms with E-state index in [9.17, 15) is 0 Å². The van der Waals surface area contributed by atoms with Crippen LogP contribution in [0.5, 0.6) is 0 Å². The molecule has 23 heavy (non-hydrogen) atoms. The van der Waals surface area contributed by atoms with Gasteiger partial charge in [0.1, 0.15) is 0 Å². The Morgan fingerprint density at radius 2 is 1.91 bits per heavy atom. The average molecular weight is 323 g/mol. The SMILES string of the molecule is CCNC(=NCC1CCCN(C)C1)NC1CCC(C(C)C)CC1. The topological polar surface area (TPSA) is 39.7 Å². The van der Waals surface area contributed by atoms with E-state index in [0.29, 0.717) is 6.04 Å². The number of aliphatic imine (C=N–C) groups is 1. The smallest absolute Gasteiger partial charge is 0.191 e. The van der Waals surface area contributed by atoms with Gasteiger partial charge in [-0.1, -0.05) is 13.8 Å². The lowest BCUT2D eigenvalue weighted by molar-refractivity contribution is 0.214. The van der Waals surface area contributed by atoms with Crippen LogP contribution in [0.15, 0.2) is 4.99 Å². The van der Waals surface area contributed by atoms with Crippen molar-refractivity contribution in [2.45, 2.75) is 65.3 Å². The molecule has 2 fully saturated rings. The molecule has 1 heterocycles. The summed E-state index contributed by atoms with van der Waals surface area (Å²) in [4.78, 5) is 7.33. The largest absolute Gasteiger partial charge is 0.357 e. The first-order valence-electron chi connectivity index (χ1n) is 9.81. The minimum Gasteiger partial charge on any atom is -0.357 e. The van der Waals surface area contributed by atoms with Crippen molar-refractivity contribution in [2.75, 3.05) is 33.2 Å². The van der Waals surface area contributed by atoms with E-state index in [0.717, 1.165) is 36.8 Å². The van der Waals surface area contributed by atoms with E-state index < -0.39 is 0 Å². The van der Waals surface area contributed by atoms with Gasteiger partial charge in [0.05, 0.1) is 0 Å². The number of likely N-dealkylation sites (tertiary alicyclic amines) is 1. The van der Waals surface area contributed by atoms with Crippen LogP contribution in [0.3, 0.4) is 0 Å². The normalized spacial score (nSPS) is 30.5. The molecule has 0 amide bonds. The average Bonchev–Trinajstić information content (AvgIpc) is 2.53. The number of hydrogen-bond acceptors (Lipinski definition) is 2. The molecule has 1 saturated heterocycles. The van der Waals surface area contributed by atoms with Crippen LogP contribution in [0.25, 0.3) is 0 Å². The Hall–Kier alpha value is -0.770. The summed E-state index contributed by atoms with van der Waals surface area (Å²) in [5.41, 5.74) is 0. The van der Waals surface area contributed by atoms with E-state index in [-0.39, 0.29) is 0 Å². The van der Waals surface area contributed by atoms with Crippen LogP contribution in [-0.4, -0.2) is 50.1 Å². The monoisotopic (exact) mass is 322 g/mol. The molecule has 0 aromatic carbocycles. The molecule has 1 aliphatic heterocycles. The van der Waals surface area contributed by atoms with Gasteiger partial charge >= 0.3 is 0 Å². The Kier molecular flexibility index (Phi) is 7.68. The predicted octanol–water partition coefficient (Wildman–Crippen LogP) is 3.10. The summed E-state index contributed by atoms with van der Waals surface area (Å²) in [6.07, 6.45) is 7.95. The van der Waals surface area contributed by atoms with E-state index in [2.05, 4.69) is 43.4 Å². The van der Waals surface area contributed by atoms with Gasteiger partial charge in [0.15, 0.2) is 5.96 Å². The molecule has 4 heteroatoms. The van der Waals surface area contributed by atoms with Gasteiger partial charge in [-0.15, -0.1) is 0 Å². The molecule has 134 valence electrons. The van der Waals surface area contributed by atoms with Crippen molar-refractivity contribution in [1.29, 1.82) is 0 Å². The van der Waals surface area contributed by atoms with E-state index in [4.69, 9.17) is 4.99 Å². The molecular weight excluding hydrogens is 284 g/mol. The zero-order valence-corrected chi connectivity index (χ0v) is 15.8. The van der Waals surface area contributed by atoms with Crippen molar-refractivity contribution < 1.29 is 0 Å². The number of rotatable bonds is 5. The number of hydrogen-bond donors (Lipinski definition) is 2. The first kappa shape index (κ1) is 18.6. The van der Waals surface area contributed by atoms with E-state index in [1.165, 1.54) is 51.6 Å². The second-order valence-electron chi connectivity index (χ2n) is 7.99. The Morgan fingerprint density at radius 3 is 2.52 bits per heavy atom. The van der Waals surface area contributed by atoms with E-state index in [1.54, 1.807) is 0 Å². The summed E-state index contributed by atoms with van der Waals surface area (Å²) in [5.74, 6) is 3.51. The summed E-state index contributed by atoms with van der Waals surface area (Å²) in [7, 11) is 2.23. The standard InChI is InChI=1S/C19H38N4/c1-5-20-19(21-13-16-7-6-12-23(4)14-16)22-18-10-8-17(9-11-18)15(2)3/h15-18H,5-14H2,1-4H3,(H2,20,21,22). The zero-order valence-electron chi connectivity index (χ0n) is 15.8. The molecule has 2 N–H and O–H groups in total. The Bertz CT molecular complexity index is 358. The first-order chi connectivity index (χ1) is 11.1.